The number of methoxy groups -OCH3 is 1. The number of rotatable bonds is 3. The van der Waals surface area contributed by atoms with Crippen molar-refractivity contribution in [2.24, 2.45) is 0 Å². The standard InChI is InChI=1S/C13H15ClN4O2/c1-20-11-5-4-8-12(17-11)18(10(7-14)16-8)9-3-2-6-15-13(9)19/h4-5,9H,2-3,6-7H2,1H3,(H,15,19). The molecule has 106 valence electrons. The lowest BCUT2D eigenvalue weighted by Gasteiger charge is -2.24. The Bertz CT molecular complexity index is 655. The summed E-state index contributed by atoms with van der Waals surface area (Å²) in [5.74, 6) is 1.38. The largest absolute Gasteiger partial charge is 0.481 e. The van der Waals surface area contributed by atoms with E-state index in [0.717, 1.165) is 24.9 Å². The molecule has 3 rings (SSSR count). The minimum Gasteiger partial charge on any atom is -0.481 e. The molecule has 3 heterocycles. The van der Waals surface area contributed by atoms with E-state index in [9.17, 15) is 4.79 Å². The summed E-state index contributed by atoms with van der Waals surface area (Å²) in [6, 6.07) is 3.27. The third-order valence-electron chi connectivity index (χ3n) is 3.48. The predicted molar refractivity (Wildman–Crippen MR) is 74.9 cm³/mol. The topological polar surface area (TPSA) is 69.0 Å². The zero-order chi connectivity index (χ0) is 14.1. The zero-order valence-corrected chi connectivity index (χ0v) is 11.9. The number of piperidine rings is 1. The Hall–Kier alpha value is -1.82. The highest BCUT2D eigenvalue weighted by Gasteiger charge is 2.28. The van der Waals surface area contributed by atoms with Crippen molar-refractivity contribution in [2.45, 2.75) is 24.8 Å². The number of ether oxygens (including phenoxy) is 1. The van der Waals surface area contributed by atoms with E-state index in [1.807, 2.05) is 10.6 Å². The Morgan fingerprint density at radius 2 is 2.35 bits per heavy atom. The fraction of sp³-hybridized carbons (Fsp3) is 0.462. The number of fused-ring (bicyclic) bond motifs is 1. The lowest BCUT2D eigenvalue weighted by molar-refractivity contribution is -0.125. The van der Waals surface area contributed by atoms with Gasteiger partial charge in [-0.3, -0.25) is 9.36 Å². The van der Waals surface area contributed by atoms with Gasteiger partial charge in [0, 0.05) is 12.6 Å². The molecule has 1 unspecified atom stereocenters. The summed E-state index contributed by atoms with van der Waals surface area (Å²) in [6.45, 7) is 0.717. The van der Waals surface area contributed by atoms with Gasteiger partial charge < -0.3 is 10.1 Å². The Kier molecular flexibility index (Phi) is 3.48. The van der Waals surface area contributed by atoms with E-state index in [1.54, 1.807) is 13.2 Å². The van der Waals surface area contributed by atoms with E-state index in [0.29, 0.717) is 17.4 Å². The molecular weight excluding hydrogens is 280 g/mol. The molecule has 0 radical (unpaired) electrons. The SMILES string of the molecule is COc1ccc2nc(CCl)n(C3CCCNC3=O)c2n1. The normalized spacial score (nSPS) is 19.1. The summed E-state index contributed by atoms with van der Waals surface area (Å²) < 4.78 is 6.98. The number of alkyl halides is 1. The fourth-order valence-electron chi connectivity index (χ4n) is 2.54. The Morgan fingerprint density at radius 1 is 1.50 bits per heavy atom. The number of amides is 1. The van der Waals surface area contributed by atoms with Crippen LogP contribution in [0.25, 0.3) is 11.2 Å². The van der Waals surface area contributed by atoms with Crippen LogP contribution >= 0.6 is 11.6 Å². The van der Waals surface area contributed by atoms with Gasteiger partial charge in [0.15, 0.2) is 5.65 Å². The molecule has 0 bridgehead atoms. The van der Waals surface area contributed by atoms with Crippen molar-refractivity contribution < 1.29 is 9.53 Å². The van der Waals surface area contributed by atoms with Crippen molar-refractivity contribution in [3.63, 3.8) is 0 Å². The molecule has 0 aliphatic carbocycles. The molecular formula is C13H15ClN4O2. The number of imidazole rings is 1. The molecule has 1 N–H and O–H groups in total. The van der Waals surface area contributed by atoms with Gasteiger partial charge in [-0.15, -0.1) is 11.6 Å². The second-order valence-electron chi connectivity index (χ2n) is 4.68. The number of nitrogens with zero attached hydrogens (tertiary/aromatic N) is 3. The smallest absolute Gasteiger partial charge is 0.243 e. The van der Waals surface area contributed by atoms with Crippen LogP contribution in [0, 0.1) is 0 Å². The first-order valence-electron chi connectivity index (χ1n) is 6.50. The van der Waals surface area contributed by atoms with Crippen LogP contribution in [0.3, 0.4) is 0 Å². The van der Waals surface area contributed by atoms with Gasteiger partial charge in [0.05, 0.1) is 13.0 Å². The van der Waals surface area contributed by atoms with Gasteiger partial charge in [0.2, 0.25) is 11.8 Å². The van der Waals surface area contributed by atoms with Gasteiger partial charge in [0.25, 0.3) is 0 Å². The van der Waals surface area contributed by atoms with Crippen molar-refractivity contribution in [3.8, 4) is 5.88 Å². The van der Waals surface area contributed by atoms with Crippen molar-refractivity contribution in [1.82, 2.24) is 19.9 Å². The van der Waals surface area contributed by atoms with Gasteiger partial charge in [-0.05, 0) is 18.9 Å². The van der Waals surface area contributed by atoms with Crippen molar-refractivity contribution >= 4 is 28.7 Å². The van der Waals surface area contributed by atoms with E-state index < -0.39 is 0 Å². The number of aromatic nitrogens is 3. The molecule has 0 aromatic carbocycles. The summed E-state index contributed by atoms with van der Waals surface area (Å²) in [6.07, 6.45) is 1.70. The van der Waals surface area contributed by atoms with Crippen LogP contribution in [0.5, 0.6) is 5.88 Å². The number of hydrogen-bond acceptors (Lipinski definition) is 4. The third kappa shape index (κ3) is 2.10. The minimum absolute atomic E-state index is 0.00784. The fourth-order valence-corrected chi connectivity index (χ4v) is 2.73. The molecule has 1 atom stereocenters. The molecule has 7 heteroatoms. The van der Waals surface area contributed by atoms with E-state index in [1.165, 1.54) is 0 Å². The summed E-state index contributed by atoms with van der Waals surface area (Å²) in [5.41, 5.74) is 1.36. The molecule has 2 aromatic rings. The van der Waals surface area contributed by atoms with Gasteiger partial charge in [-0.25, -0.2) is 4.98 Å². The van der Waals surface area contributed by atoms with Crippen LogP contribution < -0.4 is 10.1 Å². The van der Waals surface area contributed by atoms with Gasteiger partial charge in [-0.2, -0.15) is 4.98 Å². The monoisotopic (exact) mass is 294 g/mol. The van der Waals surface area contributed by atoms with Crippen molar-refractivity contribution in [2.75, 3.05) is 13.7 Å². The first-order valence-corrected chi connectivity index (χ1v) is 7.03. The first-order chi connectivity index (χ1) is 9.74. The third-order valence-corrected chi connectivity index (χ3v) is 3.72. The molecule has 1 fully saturated rings. The molecule has 0 spiro atoms. The second kappa shape index (κ2) is 5.28. The molecule has 0 saturated carbocycles. The zero-order valence-electron chi connectivity index (χ0n) is 11.1. The highest BCUT2D eigenvalue weighted by atomic mass is 35.5. The number of nitrogens with one attached hydrogen (secondary N) is 1. The maximum Gasteiger partial charge on any atom is 0.243 e. The maximum atomic E-state index is 12.1. The van der Waals surface area contributed by atoms with Crippen molar-refractivity contribution in [1.29, 1.82) is 0 Å². The van der Waals surface area contributed by atoms with E-state index in [2.05, 4.69) is 15.3 Å². The Balaban J connectivity index is 2.17. The maximum absolute atomic E-state index is 12.1. The van der Waals surface area contributed by atoms with Crippen LogP contribution in [0.15, 0.2) is 12.1 Å². The molecule has 1 aliphatic rings. The summed E-state index contributed by atoms with van der Waals surface area (Å²) in [4.78, 5) is 21.0. The lowest BCUT2D eigenvalue weighted by Crippen LogP contribution is -2.38. The lowest BCUT2D eigenvalue weighted by atomic mass is 10.1. The molecule has 6 nitrogen and oxygen atoms in total. The number of hydrogen-bond donors (Lipinski definition) is 1. The highest BCUT2D eigenvalue weighted by Crippen LogP contribution is 2.27. The summed E-state index contributed by atoms with van der Waals surface area (Å²) in [5, 5.41) is 2.88. The summed E-state index contributed by atoms with van der Waals surface area (Å²) in [7, 11) is 1.56. The summed E-state index contributed by atoms with van der Waals surface area (Å²) >= 11 is 5.97. The number of pyridine rings is 1. The highest BCUT2D eigenvalue weighted by molar-refractivity contribution is 6.16. The van der Waals surface area contributed by atoms with Gasteiger partial charge >= 0.3 is 0 Å². The number of carbonyl (C=O) groups is 1. The van der Waals surface area contributed by atoms with E-state index in [-0.39, 0.29) is 17.8 Å². The Labute approximate surface area is 121 Å². The number of carbonyl (C=O) groups excluding carboxylic acids is 1. The second-order valence-corrected chi connectivity index (χ2v) is 4.94. The van der Waals surface area contributed by atoms with Crippen LogP contribution in [0.1, 0.15) is 24.7 Å². The van der Waals surface area contributed by atoms with Crippen LogP contribution in [0.2, 0.25) is 0 Å². The first kappa shape index (κ1) is 13.2. The average Bonchev–Trinajstić information content (AvgIpc) is 2.85. The van der Waals surface area contributed by atoms with Crippen molar-refractivity contribution in [3.05, 3.63) is 18.0 Å². The minimum atomic E-state index is -0.304. The molecule has 1 amide bonds. The van der Waals surface area contributed by atoms with Crippen LogP contribution in [-0.4, -0.2) is 34.1 Å². The van der Waals surface area contributed by atoms with E-state index in [4.69, 9.17) is 16.3 Å². The molecule has 1 aliphatic heterocycles. The van der Waals surface area contributed by atoms with Gasteiger partial charge in [-0.1, -0.05) is 0 Å². The van der Waals surface area contributed by atoms with Gasteiger partial charge in [0.1, 0.15) is 17.4 Å². The predicted octanol–water partition coefficient (Wildman–Crippen LogP) is 1.63. The Morgan fingerprint density at radius 3 is 3.05 bits per heavy atom. The molecule has 1 saturated heterocycles. The van der Waals surface area contributed by atoms with E-state index >= 15 is 0 Å². The molecule has 2 aromatic heterocycles. The number of halogens is 1. The average molecular weight is 295 g/mol. The van der Waals surface area contributed by atoms with Crippen LogP contribution in [-0.2, 0) is 10.7 Å². The van der Waals surface area contributed by atoms with Crippen LogP contribution in [0.4, 0.5) is 0 Å². The quantitative estimate of drug-likeness (QED) is 0.874. The molecule has 20 heavy (non-hydrogen) atoms.